The molecule has 1 amide bonds. The van der Waals surface area contributed by atoms with Gasteiger partial charge in [0.05, 0.1) is 23.5 Å². The number of Topliss-reactive ketones (excluding diaryl/α,β-unsaturated/α-hetero) is 1. The molecule has 3 aromatic rings. The average molecular weight is 460 g/mol. The van der Waals surface area contributed by atoms with Crippen LogP contribution in [-0.2, 0) is 9.59 Å². The molecule has 0 radical (unpaired) electrons. The molecule has 1 aliphatic rings. The Hall–Kier alpha value is -3.65. The van der Waals surface area contributed by atoms with Gasteiger partial charge in [-0.05, 0) is 49.4 Å². The van der Waals surface area contributed by atoms with E-state index < -0.39 is 35.1 Å². The van der Waals surface area contributed by atoms with E-state index in [4.69, 9.17) is 20.8 Å². The van der Waals surface area contributed by atoms with Crippen LogP contribution in [-0.4, -0.2) is 23.4 Å². The molecule has 1 saturated heterocycles. The predicted molar refractivity (Wildman–Crippen MR) is 112 cm³/mol. The quantitative estimate of drug-likeness (QED) is 0.321. The van der Waals surface area contributed by atoms with Gasteiger partial charge >= 0.3 is 0 Å². The van der Waals surface area contributed by atoms with Crippen molar-refractivity contribution in [3.8, 4) is 5.75 Å². The Morgan fingerprint density at radius 1 is 1.16 bits per heavy atom. The number of benzene rings is 2. The summed E-state index contributed by atoms with van der Waals surface area (Å²) in [4.78, 5) is 26.9. The Labute approximate surface area is 186 Å². The molecular weight excluding hydrogens is 444 g/mol. The third-order valence-corrected chi connectivity index (χ3v) is 5.27. The predicted octanol–water partition coefficient (Wildman–Crippen LogP) is 5.24. The van der Waals surface area contributed by atoms with Crippen molar-refractivity contribution in [1.82, 2.24) is 0 Å². The van der Waals surface area contributed by atoms with E-state index >= 15 is 0 Å². The Balaban J connectivity index is 1.93. The van der Waals surface area contributed by atoms with Gasteiger partial charge in [-0.15, -0.1) is 0 Å². The number of ketones is 1. The number of hydrogen-bond acceptors (Lipinski definition) is 5. The fourth-order valence-electron chi connectivity index (χ4n) is 3.54. The molecule has 2 heterocycles. The first kappa shape index (κ1) is 21.6. The fraction of sp³-hybridized carbons (Fsp3) is 0.130. The third-order valence-electron chi connectivity index (χ3n) is 4.94. The second kappa shape index (κ2) is 8.47. The number of nitrogens with zero attached hydrogens (tertiary/aromatic N) is 1. The molecule has 0 spiro atoms. The maximum atomic E-state index is 13.9. The lowest BCUT2D eigenvalue weighted by Crippen LogP contribution is -2.29. The van der Waals surface area contributed by atoms with Crippen LogP contribution in [0.15, 0.2) is 64.8 Å². The first-order valence-corrected chi connectivity index (χ1v) is 9.93. The van der Waals surface area contributed by atoms with Crippen molar-refractivity contribution in [2.24, 2.45) is 0 Å². The van der Waals surface area contributed by atoms with Gasteiger partial charge in [-0.2, -0.15) is 0 Å². The van der Waals surface area contributed by atoms with E-state index in [-0.39, 0.29) is 27.6 Å². The average Bonchev–Trinajstić information content (AvgIpc) is 3.38. The Morgan fingerprint density at radius 2 is 1.94 bits per heavy atom. The molecule has 0 aliphatic carbocycles. The highest BCUT2D eigenvalue weighted by molar-refractivity contribution is 6.51. The molecule has 164 valence electrons. The topological polar surface area (TPSA) is 80.0 Å². The Kier molecular flexibility index (Phi) is 5.71. The summed E-state index contributed by atoms with van der Waals surface area (Å²) < 4.78 is 38.2. The highest BCUT2D eigenvalue weighted by Gasteiger charge is 2.48. The SMILES string of the molecule is CCOc1ccc(Cl)c(/C(O)=C2/C(=O)C(=O)N(c3ccc(F)c(F)c3)C2c2ccco2)c1. The van der Waals surface area contributed by atoms with Gasteiger partial charge in [0, 0.05) is 17.3 Å². The highest BCUT2D eigenvalue weighted by atomic mass is 35.5. The van der Waals surface area contributed by atoms with Crippen molar-refractivity contribution in [3.05, 3.63) is 88.3 Å². The summed E-state index contributed by atoms with van der Waals surface area (Å²) >= 11 is 6.24. The third kappa shape index (κ3) is 3.62. The number of aliphatic hydroxyl groups excluding tert-OH is 1. The summed E-state index contributed by atoms with van der Waals surface area (Å²) in [5, 5.41) is 11.2. The zero-order chi connectivity index (χ0) is 23.0. The number of rotatable bonds is 5. The Morgan fingerprint density at radius 3 is 2.59 bits per heavy atom. The molecule has 4 rings (SSSR count). The molecule has 1 fully saturated rings. The second-order valence-corrected chi connectivity index (χ2v) is 7.26. The van der Waals surface area contributed by atoms with Crippen LogP contribution in [0.1, 0.15) is 24.3 Å². The second-order valence-electron chi connectivity index (χ2n) is 6.86. The van der Waals surface area contributed by atoms with Crippen molar-refractivity contribution < 1.29 is 32.6 Å². The molecule has 6 nitrogen and oxygen atoms in total. The molecule has 9 heteroatoms. The monoisotopic (exact) mass is 459 g/mol. The van der Waals surface area contributed by atoms with Crippen LogP contribution in [0.25, 0.3) is 5.76 Å². The number of aliphatic hydroxyl groups is 1. The minimum absolute atomic E-state index is 0.0671. The number of carbonyl (C=O) groups excluding carboxylic acids is 2. The van der Waals surface area contributed by atoms with E-state index in [0.717, 1.165) is 23.1 Å². The van der Waals surface area contributed by atoms with E-state index in [1.54, 1.807) is 13.0 Å². The molecule has 0 saturated carbocycles. The van der Waals surface area contributed by atoms with Crippen LogP contribution in [0.5, 0.6) is 5.75 Å². The first-order valence-electron chi connectivity index (χ1n) is 9.55. The number of anilines is 1. The molecule has 0 bridgehead atoms. The number of amides is 1. The lowest BCUT2D eigenvalue weighted by molar-refractivity contribution is -0.132. The van der Waals surface area contributed by atoms with Gasteiger partial charge in [-0.1, -0.05) is 11.6 Å². The van der Waals surface area contributed by atoms with Gasteiger partial charge < -0.3 is 14.3 Å². The summed E-state index contributed by atoms with van der Waals surface area (Å²) in [5.41, 5.74) is -0.330. The van der Waals surface area contributed by atoms with Gasteiger partial charge in [0.2, 0.25) is 0 Å². The standard InChI is InChI=1S/C23H16ClF2NO5/c1-2-31-13-6-7-15(24)14(11-13)21(28)19-20(18-4-3-9-32-18)27(23(30)22(19)29)12-5-8-16(25)17(26)10-12/h3-11,20,28H,2H2,1H3/b21-19-. The van der Waals surface area contributed by atoms with Crippen molar-refractivity contribution in [1.29, 1.82) is 0 Å². The summed E-state index contributed by atoms with van der Waals surface area (Å²) in [6.45, 7) is 2.13. The highest BCUT2D eigenvalue weighted by Crippen LogP contribution is 2.43. The van der Waals surface area contributed by atoms with Crippen LogP contribution in [0.2, 0.25) is 5.02 Å². The molecule has 2 aromatic carbocycles. The van der Waals surface area contributed by atoms with Crippen LogP contribution in [0.4, 0.5) is 14.5 Å². The molecule has 1 aliphatic heterocycles. The summed E-state index contributed by atoms with van der Waals surface area (Å²) in [6, 6.07) is 9.08. The molecule has 1 atom stereocenters. The molecule has 32 heavy (non-hydrogen) atoms. The maximum Gasteiger partial charge on any atom is 0.300 e. The van der Waals surface area contributed by atoms with Gasteiger partial charge in [-0.3, -0.25) is 14.5 Å². The van der Waals surface area contributed by atoms with Crippen molar-refractivity contribution in [3.63, 3.8) is 0 Å². The van der Waals surface area contributed by atoms with Crippen molar-refractivity contribution >= 4 is 34.7 Å². The van der Waals surface area contributed by atoms with E-state index in [1.165, 1.54) is 30.5 Å². The smallest absolute Gasteiger partial charge is 0.300 e. The molecule has 1 aromatic heterocycles. The van der Waals surface area contributed by atoms with Gasteiger partial charge in [-0.25, -0.2) is 8.78 Å². The van der Waals surface area contributed by atoms with E-state index in [9.17, 15) is 23.5 Å². The van der Waals surface area contributed by atoms with Crippen LogP contribution < -0.4 is 9.64 Å². The molecular formula is C23H16ClF2NO5. The van der Waals surface area contributed by atoms with Gasteiger partial charge in [0.15, 0.2) is 11.6 Å². The largest absolute Gasteiger partial charge is 0.507 e. The van der Waals surface area contributed by atoms with Crippen LogP contribution in [0.3, 0.4) is 0 Å². The lowest BCUT2D eigenvalue weighted by Gasteiger charge is -2.23. The summed E-state index contributed by atoms with van der Waals surface area (Å²) in [7, 11) is 0. The normalized spacial score (nSPS) is 17.8. The first-order chi connectivity index (χ1) is 15.3. The van der Waals surface area contributed by atoms with Crippen molar-refractivity contribution in [2.75, 3.05) is 11.5 Å². The Bertz CT molecular complexity index is 1240. The van der Waals surface area contributed by atoms with Gasteiger partial charge in [0.1, 0.15) is 23.3 Å². The minimum Gasteiger partial charge on any atom is -0.507 e. The number of furan rings is 1. The van der Waals surface area contributed by atoms with E-state index in [0.29, 0.717) is 12.4 Å². The number of hydrogen-bond donors (Lipinski definition) is 1. The zero-order valence-corrected chi connectivity index (χ0v) is 17.4. The van der Waals surface area contributed by atoms with E-state index in [1.807, 2.05) is 0 Å². The van der Waals surface area contributed by atoms with E-state index in [2.05, 4.69) is 0 Å². The van der Waals surface area contributed by atoms with Crippen LogP contribution >= 0.6 is 11.6 Å². The number of carbonyl (C=O) groups is 2. The zero-order valence-electron chi connectivity index (χ0n) is 16.6. The minimum atomic E-state index is -1.23. The van der Waals surface area contributed by atoms with Crippen molar-refractivity contribution in [2.45, 2.75) is 13.0 Å². The van der Waals surface area contributed by atoms with Crippen LogP contribution in [0, 0.1) is 11.6 Å². The summed E-state index contributed by atoms with van der Waals surface area (Å²) in [6.07, 6.45) is 1.32. The summed E-state index contributed by atoms with van der Waals surface area (Å²) in [5.74, 6) is -4.42. The maximum absolute atomic E-state index is 13.9. The lowest BCUT2D eigenvalue weighted by atomic mass is 9.99. The number of ether oxygens (including phenoxy) is 1. The molecule has 1 N–H and O–H groups in total. The molecule has 1 unspecified atom stereocenters. The number of halogens is 3. The van der Waals surface area contributed by atoms with Gasteiger partial charge in [0.25, 0.3) is 11.7 Å². The fourth-order valence-corrected chi connectivity index (χ4v) is 3.74.